The van der Waals surface area contributed by atoms with Crippen molar-refractivity contribution in [2.45, 2.75) is 52.0 Å². The first-order valence-electron chi connectivity index (χ1n) is 6.54. The lowest BCUT2D eigenvalue weighted by Gasteiger charge is -2.29. The fraction of sp³-hybridized carbons (Fsp3) is 0.692. The SMILES string of the molecule is CCC1CCCC(Nc2nc(N)ncc2C)C1. The molecule has 2 atom stereocenters. The van der Waals surface area contributed by atoms with Crippen molar-refractivity contribution in [3.05, 3.63) is 11.8 Å². The molecule has 2 unspecified atom stereocenters. The van der Waals surface area contributed by atoms with Crippen LogP contribution in [0.2, 0.25) is 0 Å². The van der Waals surface area contributed by atoms with E-state index in [0.29, 0.717) is 12.0 Å². The minimum Gasteiger partial charge on any atom is -0.368 e. The van der Waals surface area contributed by atoms with Crippen LogP contribution < -0.4 is 11.1 Å². The molecule has 2 rings (SSSR count). The first kappa shape index (κ1) is 12.1. The summed E-state index contributed by atoms with van der Waals surface area (Å²) in [6.07, 6.45) is 8.24. The molecule has 0 aliphatic heterocycles. The number of anilines is 2. The van der Waals surface area contributed by atoms with Crippen LogP contribution in [0.1, 0.15) is 44.6 Å². The van der Waals surface area contributed by atoms with Crippen molar-refractivity contribution in [2.75, 3.05) is 11.1 Å². The van der Waals surface area contributed by atoms with Crippen molar-refractivity contribution in [2.24, 2.45) is 5.92 Å². The molecule has 4 nitrogen and oxygen atoms in total. The molecule has 1 aliphatic rings. The molecule has 1 heterocycles. The van der Waals surface area contributed by atoms with Crippen molar-refractivity contribution in [1.29, 1.82) is 0 Å². The van der Waals surface area contributed by atoms with Crippen LogP contribution in [0.5, 0.6) is 0 Å². The summed E-state index contributed by atoms with van der Waals surface area (Å²) in [5, 5.41) is 3.52. The average molecular weight is 234 g/mol. The largest absolute Gasteiger partial charge is 0.368 e. The van der Waals surface area contributed by atoms with Crippen LogP contribution in [0.25, 0.3) is 0 Å². The summed E-state index contributed by atoms with van der Waals surface area (Å²) in [7, 11) is 0. The summed E-state index contributed by atoms with van der Waals surface area (Å²) in [5.41, 5.74) is 6.69. The molecule has 94 valence electrons. The lowest BCUT2D eigenvalue weighted by atomic mass is 9.84. The van der Waals surface area contributed by atoms with Crippen LogP contribution in [0.4, 0.5) is 11.8 Å². The van der Waals surface area contributed by atoms with Gasteiger partial charge in [0.15, 0.2) is 0 Å². The number of nitrogen functional groups attached to an aromatic ring is 1. The number of aromatic nitrogens is 2. The van der Waals surface area contributed by atoms with E-state index in [1.807, 2.05) is 6.92 Å². The smallest absolute Gasteiger partial charge is 0.221 e. The highest BCUT2D eigenvalue weighted by atomic mass is 15.1. The Bertz CT molecular complexity index is 378. The maximum absolute atomic E-state index is 5.62. The van der Waals surface area contributed by atoms with Crippen molar-refractivity contribution in [3.8, 4) is 0 Å². The normalized spacial score (nSPS) is 24.6. The molecule has 0 radical (unpaired) electrons. The monoisotopic (exact) mass is 234 g/mol. The van der Waals surface area contributed by atoms with E-state index in [0.717, 1.165) is 17.3 Å². The number of nitrogens with zero attached hydrogens (tertiary/aromatic N) is 2. The standard InChI is InChI=1S/C13H22N4/c1-3-10-5-4-6-11(7-10)16-12-9(2)8-15-13(14)17-12/h8,10-11H,3-7H2,1-2H3,(H3,14,15,16,17). The van der Waals surface area contributed by atoms with E-state index < -0.39 is 0 Å². The van der Waals surface area contributed by atoms with Gasteiger partial charge in [0.05, 0.1) is 0 Å². The van der Waals surface area contributed by atoms with Gasteiger partial charge in [-0.15, -0.1) is 0 Å². The van der Waals surface area contributed by atoms with E-state index in [4.69, 9.17) is 5.73 Å². The first-order valence-corrected chi connectivity index (χ1v) is 6.54. The molecule has 0 amide bonds. The highest BCUT2D eigenvalue weighted by molar-refractivity contribution is 5.45. The second-order valence-corrected chi connectivity index (χ2v) is 5.04. The fourth-order valence-corrected chi connectivity index (χ4v) is 2.59. The van der Waals surface area contributed by atoms with Gasteiger partial charge in [0.25, 0.3) is 0 Å². The van der Waals surface area contributed by atoms with Gasteiger partial charge in [-0.3, -0.25) is 0 Å². The van der Waals surface area contributed by atoms with Crippen LogP contribution in [-0.2, 0) is 0 Å². The molecular formula is C13H22N4. The minimum absolute atomic E-state index is 0.348. The van der Waals surface area contributed by atoms with Gasteiger partial charge < -0.3 is 11.1 Å². The molecule has 0 spiro atoms. The Labute approximate surface area is 103 Å². The summed E-state index contributed by atoms with van der Waals surface area (Å²) in [4.78, 5) is 8.26. The predicted octanol–water partition coefficient (Wildman–Crippen LogP) is 2.75. The third-order valence-electron chi connectivity index (χ3n) is 3.69. The van der Waals surface area contributed by atoms with Crippen LogP contribution >= 0.6 is 0 Å². The van der Waals surface area contributed by atoms with Crippen molar-refractivity contribution < 1.29 is 0 Å². The van der Waals surface area contributed by atoms with Crippen molar-refractivity contribution >= 4 is 11.8 Å². The maximum atomic E-state index is 5.62. The van der Waals surface area contributed by atoms with E-state index >= 15 is 0 Å². The molecule has 1 aliphatic carbocycles. The Kier molecular flexibility index (Phi) is 3.82. The number of hydrogen-bond acceptors (Lipinski definition) is 4. The fourth-order valence-electron chi connectivity index (χ4n) is 2.59. The van der Waals surface area contributed by atoms with Gasteiger partial charge in [0, 0.05) is 17.8 Å². The molecule has 0 saturated heterocycles. The topological polar surface area (TPSA) is 63.8 Å². The highest BCUT2D eigenvalue weighted by Gasteiger charge is 2.21. The van der Waals surface area contributed by atoms with E-state index in [1.54, 1.807) is 6.20 Å². The Balaban J connectivity index is 2.02. The molecule has 3 N–H and O–H groups in total. The molecule has 1 saturated carbocycles. The van der Waals surface area contributed by atoms with Gasteiger partial charge in [0.2, 0.25) is 5.95 Å². The Morgan fingerprint density at radius 1 is 1.47 bits per heavy atom. The molecule has 17 heavy (non-hydrogen) atoms. The lowest BCUT2D eigenvalue weighted by molar-refractivity contribution is 0.327. The third-order valence-corrected chi connectivity index (χ3v) is 3.69. The minimum atomic E-state index is 0.348. The second kappa shape index (κ2) is 5.34. The maximum Gasteiger partial charge on any atom is 0.221 e. The number of rotatable bonds is 3. The highest BCUT2D eigenvalue weighted by Crippen LogP contribution is 2.28. The zero-order chi connectivity index (χ0) is 12.3. The summed E-state index contributed by atoms with van der Waals surface area (Å²) in [6, 6.07) is 0.543. The van der Waals surface area contributed by atoms with Gasteiger partial charge in [-0.05, 0) is 25.7 Å². The molecule has 1 aromatic heterocycles. The van der Waals surface area contributed by atoms with Gasteiger partial charge in [-0.1, -0.05) is 26.2 Å². The van der Waals surface area contributed by atoms with Crippen LogP contribution in [0, 0.1) is 12.8 Å². The van der Waals surface area contributed by atoms with Crippen molar-refractivity contribution in [1.82, 2.24) is 9.97 Å². The third kappa shape index (κ3) is 3.08. The van der Waals surface area contributed by atoms with Gasteiger partial charge in [0.1, 0.15) is 5.82 Å². The molecule has 0 bridgehead atoms. The molecule has 1 fully saturated rings. The van der Waals surface area contributed by atoms with Gasteiger partial charge in [-0.2, -0.15) is 4.98 Å². The van der Waals surface area contributed by atoms with E-state index in [-0.39, 0.29) is 0 Å². The predicted molar refractivity (Wildman–Crippen MR) is 70.8 cm³/mol. The summed E-state index contributed by atoms with van der Waals surface area (Å²) >= 11 is 0. The average Bonchev–Trinajstić information content (AvgIpc) is 2.34. The number of nitrogens with one attached hydrogen (secondary N) is 1. The van der Waals surface area contributed by atoms with E-state index in [9.17, 15) is 0 Å². The summed E-state index contributed by atoms with van der Waals surface area (Å²) in [6.45, 7) is 4.29. The Hall–Kier alpha value is -1.32. The van der Waals surface area contributed by atoms with Crippen molar-refractivity contribution in [3.63, 3.8) is 0 Å². The Morgan fingerprint density at radius 2 is 2.29 bits per heavy atom. The number of nitrogens with two attached hydrogens (primary N) is 1. The molecule has 4 heteroatoms. The van der Waals surface area contributed by atoms with Crippen LogP contribution in [-0.4, -0.2) is 16.0 Å². The Morgan fingerprint density at radius 3 is 3.06 bits per heavy atom. The number of hydrogen-bond donors (Lipinski definition) is 2. The van der Waals surface area contributed by atoms with E-state index in [2.05, 4.69) is 22.2 Å². The van der Waals surface area contributed by atoms with Gasteiger partial charge in [-0.25, -0.2) is 4.98 Å². The zero-order valence-corrected chi connectivity index (χ0v) is 10.7. The molecule has 0 aromatic carbocycles. The molecular weight excluding hydrogens is 212 g/mol. The van der Waals surface area contributed by atoms with Gasteiger partial charge >= 0.3 is 0 Å². The van der Waals surface area contributed by atoms with E-state index in [1.165, 1.54) is 32.1 Å². The molecule has 1 aromatic rings. The summed E-state index contributed by atoms with van der Waals surface area (Å²) < 4.78 is 0. The second-order valence-electron chi connectivity index (χ2n) is 5.04. The quantitative estimate of drug-likeness (QED) is 0.844. The summed E-state index contributed by atoms with van der Waals surface area (Å²) in [5.74, 6) is 2.11. The zero-order valence-electron chi connectivity index (χ0n) is 10.7. The van der Waals surface area contributed by atoms with Crippen LogP contribution in [0.15, 0.2) is 6.20 Å². The lowest BCUT2D eigenvalue weighted by Crippen LogP contribution is -2.28. The number of aryl methyl sites for hydroxylation is 1. The first-order chi connectivity index (χ1) is 8.19. The van der Waals surface area contributed by atoms with Crippen LogP contribution in [0.3, 0.4) is 0 Å².